The van der Waals surface area contributed by atoms with Crippen LogP contribution in [0.1, 0.15) is 15.9 Å². The summed E-state index contributed by atoms with van der Waals surface area (Å²) in [5, 5.41) is 6.10. The van der Waals surface area contributed by atoms with E-state index in [4.69, 9.17) is 9.47 Å². The monoisotopic (exact) mass is 377 g/mol. The molecule has 6 nitrogen and oxygen atoms in total. The second kappa shape index (κ2) is 9.41. The number of nitrogens with one attached hydrogen (secondary N) is 2. The van der Waals surface area contributed by atoms with Gasteiger partial charge in [-0.15, -0.1) is 0 Å². The number of rotatable bonds is 8. The van der Waals surface area contributed by atoms with Crippen LogP contribution in [0, 0.1) is 6.92 Å². The molecular formula is C22H23N3O3. The Morgan fingerprint density at radius 1 is 1.00 bits per heavy atom. The topological polar surface area (TPSA) is 72.5 Å². The van der Waals surface area contributed by atoms with E-state index in [-0.39, 0.29) is 5.91 Å². The van der Waals surface area contributed by atoms with Crippen molar-refractivity contribution in [3.8, 4) is 11.5 Å². The molecule has 1 amide bonds. The smallest absolute Gasteiger partial charge is 0.257 e. The summed E-state index contributed by atoms with van der Waals surface area (Å²) >= 11 is 0. The number of carbonyl (C=O) groups excluding carboxylic acids is 1. The molecule has 6 heteroatoms. The summed E-state index contributed by atoms with van der Waals surface area (Å²) in [6.45, 7) is 3.04. The molecule has 0 fully saturated rings. The van der Waals surface area contributed by atoms with Gasteiger partial charge < -0.3 is 20.1 Å². The minimum absolute atomic E-state index is 0.198. The normalized spacial score (nSPS) is 10.2. The lowest BCUT2D eigenvalue weighted by molar-refractivity contribution is 0.102. The van der Waals surface area contributed by atoms with Crippen LogP contribution in [0.4, 0.5) is 11.4 Å². The summed E-state index contributed by atoms with van der Waals surface area (Å²) in [7, 11) is 1.63. The van der Waals surface area contributed by atoms with Crippen molar-refractivity contribution in [2.45, 2.75) is 6.92 Å². The van der Waals surface area contributed by atoms with Crippen molar-refractivity contribution in [1.29, 1.82) is 0 Å². The summed E-state index contributed by atoms with van der Waals surface area (Å²) in [6, 6.07) is 16.9. The lowest BCUT2D eigenvalue weighted by Gasteiger charge is -2.10. The Labute approximate surface area is 164 Å². The maximum atomic E-state index is 12.4. The van der Waals surface area contributed by atoms with Crippen LogP contribution in [0.3, 0.4) is 0 Å². The Morgan fingerprint density at radius 3 is 2.54 bits per heavy atom. The molecule has 2 aromatic carbocycles. The Kier molecular flexibility index (Phi) is 6.46. The quantitative estimate of drug-likeness (QED) is 0.577. The summed E-state index contributed by atoms with van der Waals surface area (Å²) in [5.41, 5.74) is 3.09. The molecular weight excluding hydrogens is 354 g/mol. The van der Waals surface area contributed by atoms with Crippen molar-refractivity contribution < 1.29 is 14.3 Å². The van der Waals surface area contributed by atoms with E-state index in [1.54, 1.807) is 25.6 Å². The molecule has 0 aliphatic rings. The van der Waals surface area contributed by atoms with E-state index in [1.807, 2.05) is 55.5 Å². The number of ether oxygens (including phenoxy) is 2. The van der Waals surface area contributed by atoms with Gasteiger partial charge in [0.15, 0.2) is 0 Å². The van der Waals surface area contributed by atoms with E-state index in [0.29, 0.717) is 18.7 Å². The van der Waals surface area contributed by atoms with E-state index in [2.05, 4.69) is 15.6 Å². The maximum Gasteiger partial charge on any atom is 0.257 e. The fraction of sp³-hybridized carbons (Fsp3) is 0.182. The zero-order valence-corrected chi connectivity index (χ0v) is 15.9. The number of benzene rings is 2. The number of aryl methyl sites for hydroxylation is 1. The van der Waals surface area contributed by atoms with Crippen molar-refractivity contribution in [2.75, 3.05) is 30.9 Å². The molecule has 1 heterocycles. The SMILES string of the molecule is COc1ccc(OCCNc2cncc(C(=O)Nc3cccc(C)c3)c2)cc1. The van der Waals surface area contributed by atoms with E-state index in [1.165, 1.54) is 0 Å². The first-order valence-corrected chi connectivity index (χ1v) is 8.98. The Balaban J connectivity index is 1.50. The average Bonchev–Trinajstić information content (AvgIpc) is 2.72. The largest absolute Gasteiger partial charge is 0.497 e. The zero-order valence-electron chi connectivity index (χ0n) is 15.9. The van der Waals surface area contributed by atoms with Gasteiger partial charge in [-0.25, -0.2) is 0 Å². The molecule has 144 valence electrons. The molecule has 0 radical (unpaired) electrons. The number of hydrogen-bond donors (Lipinski definition) is 2. The van der Waals surface area contributed by atoms with E-state index in [0.717, 1.165) is 28.4 Å². The highest BCUT2D eigenvalue weighted by molar-refractivity contribution is 6.04. The van der Waals surface area contributed by atoms with Gasteiger partial charge in [-0.2, -0.15) is 0 Å². The molecule has 0 aliphatic carbocycles. The summed E-state index contributed by atoms with van der Waals surface area (Å²) in [6.07, 6.45) is 3.22. The second-order valence-corrected chi connectivity index (χ2v) is 6.24. The van der Waals surface area contributed by atoms with Crippen molar-refractivity contribution in [2.24, 2.45) is 0 Å². The third-order valence-corrected chi connectivity index (χ3v) is 4.04. The number of pyridine rings is 1. The lowest BCUT2D eigenvalue weighted by Crippen LogP contribution is -2.14. The van der Waals surface area contributed by atoms with Crippen LogP contribution in [0.2, 0.25) is 0 Å². The highest BCUT2D eigenvalue weighted by atomic mass is 16.5. The lowest BCUT2D eigenvalue weighted by atomic mass is 10.2. The molecule has 0 aliphatic heterocycles. The van der Waals surface area contributed by atoms with Gasteiger partial charge in [0.05, 0.1) is 18.4 Å². The fourth-order valence-electron chi connectivity index (χ4n) is 2.62. The molecule has 2 N–H and O–H groups in total. The first kappa shape index (κ1) is 19.2. The highest BCUT2D eigenvalue weighted by Gasteiger charge is 2.08. The highest BCUT2D eigenvalue weighted by Crippen LogP contribution is 2.17. The number of methoxy groups -OCH3 is 1. The Bertz CT molecular complexity index is 926. The number of anilines is 2. The van der Waals surface area contributed by atoms with Gasteiger partial charge in [0.2, 0.25) is 0 Å². The average molecular weight is 377 g/mol. The summed E-state index contributed by atoms with van der Waals surface area (Å²) in [4.78, 5) is 16.6. The first-order valence-electron chi connectivity index (χ1n) is 8.98. The van der Waals surface area contributed by atoms with Gasteiger partial charge in [0.1, 0.15) is 18.1 Å². The predicted octanol–water partition coefficient (Wildman–Crippen LogP) is 4.14. The van der Waals surface area contributed by atoms with Crippen molar-refractivity contribution in [3.63, 3.8) is 0 Å². The van der Waals surface area contributed by atoms with E-state index >= 15 is 0 Å². The van der Waals surface area contributed by atoms with Gasteiger partial charge in [0.25, 0.3) is 5.91 Å². The fourth-order valence-corrected chi connectivity index (χ4v) is 2.62. The molecule has 0 bridgehead atoms. The number of hydrogen-bond acceptors (Lipinski definition) is 5. The molecule has 28 heavy (non-hydrogen) atoms. The molecule has 1 aromatic heterocycles. The van der Waals surface area contributed by atoms with Gasteiger partial charge in [0, 0.05) is 24.6 Å². The number of aromatic nitrogens is 1. The van der Waals surface area contributed by atoms with Crippen molar-refractivity contribution in [1.82, 2.24) is 4.98 Å². The van der Waals surface area contributed by atoms with Crippen LogP contribution >= 0.6 is 0 Å². The Morgan fingerprint density at radius 2 is 1.79 bits per heavy atom. The molecule has 0 saturated heterocycles. The van der Waals surface area contributed by atoms with Crippen molar-refractivity contribution >= 4 is 17.3 Å². The van der Waals surface area contributed by atoms with Gasteiger partial charge >= 0.3 is 0 Å². The number of nitrogens with zero attached hydrogens (tertiary/aromatic N) is 1. The van der Waals surface area contributed by atoms with Crippen LogP contribution in [0.5, 0.6) is 11.5 Å². The third kappa shape index (κ3) is 5.48. The third-order valence-electron chi connectivity index (χ3n) is 4.04. The van der Waals surface area contributed by atoms with E-state index < -0.39 is 0 Å². The molecule has 0 atom stereocenters. The zero-order chi connectivity index (χ0) is 19.8. The van der Waals surface area contributed by atoms with Gasteiger partial charge in [-0.3, -0.25) is 9.78 Å². The predicted molar refractivity (Wildman–Crippen MR) is 110 cm³/mol. The van der Waals surface area contributed by atoms with Crippen LogP contribution in [-0.4, -0.2) is 31.2 Å². The maximum absolute atomic E-state index is 12.4. The molecule has 3 aromatic rings. The standard InChI is InChI=1S/C22H23N3O3/c1-16-4-3-5-18(12-16)25-22(26)17-13-19(15-23-14-17)24-10-11-28-21-8-6-20(27-2)7-9-21/h3-9,12-15,24H,10-11H2,1-2H3,(H,25,26). The number of amides is 1. The van der Waals surface area contributed by atoms with E-state index in [9.17, 15) is 4.79 Å². The molecule has 3 rings (SSSR count). The molecule has 0 unspecified atom stereocenters. The van der Waals surface area contributed by atoms with Crippen LogP contribution < -0.4 is 20.1 Å². The van der Waals surface area contributed by atoms with Crippen molar-refractivity contribution in [3.05, 3.63) is 78.1 Å². The molecule has 0 spiro atoms. The minimum Gasteiger partial charge on any atom is -0.497 e. The second-order valence-electron chi connectivity index (χ2n) is 6.24. The van der Waals surface area contributed by atoms with Gasteiger partial charge in [-0.05, 0) is 55.0 Å². The summed E-state index contributed by atoms with van der Waals surface area (Å²) in [5.74, 6) is 1.36. The first-order chi connectivity index (χ1) is 13.6. The van der Waals surface area contributed by atoms with Gasteiger partial charge in [-0.1, -0.05) is 12.1 Å². The number of carbonyl (C=O) groups is 1. The summed E-state index contributed by atoms with van der Waals surface area (Å²) < 4.78 is 10.8. The van der Waals surface area contributed by atoms with Crippen LogP contribution in [0.15, 0.2) is 67.0 Å². The Hall–Kier alpha value is -3.54. The minimum atomic E-state index is -0.198. The van der Waals surface area contributed by atoms with Crippen LogP contribution in [0.25, 0.3) is 0 Å². The van der Waals surface area contributed by atoms with Crippen LogP contribution in [-0.2, 0) is 0 Å². The molecule has 0 saturated carbocycles.